The first-order valence-electron chi connectivity index (χ1n) is 9.76. The minimum atomic E-state index is -0.820. The fraction of sp³-hybridized carbons (Fsp3) is 0.0417. The molecule has 0 aliphatic carbocycles. The molecule has 1 saturated heterocycles. The molecule has 0 saturated carbocycles. The maximum atomic E-state index is 13.0. The fourth-order valence-electron chi connectivity index (χ4n) is 3.19. The number of hydrogen-bond acceptors (Lipinski definition) is 4. The van der Waals surface area contributed by atoms with Gasteiger partial charge in [-0.3, -0.25) is 14.9 Å². The lowest BCUT2D eigenvalue weighted by Gasteiger charge is -2.26. The van der Waals surface area contributed by atoms with Gasteiger partial charge in [-0.25, -0.2) is 9.69 Å². The number of barbiturate groups is 1. The van der Waals surface area contributed by atoms with Crippen LogP contribution in [0.1, 0.15) is 11.1 Å². The molecule has 10 heteroatoms. The third kappa shape index (κ3) is 5.36. The summed E-state index contributed by atoms with van der Waals surface area (Å²) in [5, 5.41) is 3.10. The van der Waals surface area contributed by atoms with Crippen LogP contribution in [0.5, 0.6) is 5.75 Å². The number of urea groups is 1. The van der Waals surface area contributed by atoms with Gasteiger partial charge in [0.15, 0.2) is 5.75 Å². The number of carbonyl (C=O) groups is 3. The van der Waals surface area contributed by atoms with Gasteiger partial charge in [0.2, 0.25) is 0 Å². The van der Waals surface area contributed by atoms with Gasteiger partial charge in [0.05, 0.1) is 15.2 Å². The number of anilines is 1. The van der Waals surface area contributed by atoms with Gasteiger partial charge in [-0.2, -0.15) is 0 Å². The topological polar surface area (TPSA) is 75.7 Å². The van der Waals surface area contributed by atoms with E-state index >= 15 is 0 Å². The third-order valence-corrected chi connectivity index (χ3v) is 6.46. The summed E-state index contributed by atoms with van der Waals surface area (Å²) in [6, 6.07) is 16.2. The number of carbonyl (C=O) groups excluding carboxylic acids is 3. The normalized spacial score (nSPS) is 15.0. The zero-order valence-corrected chi connectivity index (χ0v) is 21.8. The van der Waals surface area contributed by atoms with Gasteiger partial charge in [-0.05, 0) is 81.7 Å². The number of nitrogens with one attached hydrogen (secondary N) is 1. The van der Waals surface area contributed by atoms with E-state index in [2.05, 4.69) is 37.2 Å². The van der Waals surface area contributed by atoms with Crippen molar-refractivity contribution in [2.24, 2.45) is 0 Å². The molecule has 0 aromatic heterocycles. The first-order chi connectivity index (χ1) is 16.2. The molecule has 0 unspecified atom stereocenters. The largest absolute Gasteiger partial charge is 0.486 e. The first-order valence-corrected chi connectivity index (χ1v) is 12.1. The molecule has 0 spiro atoms. The number of nitrogens with zero attached hydrogens (tertiary/aromatic N) is 1. The number of hydrogen-bond donors (Lipinski definition) is 1. The summed E-state index contributed by atoms with van der Waals surface area (Å²) in [4.78, 5) is 38.7. The number of rotatable bonds is 5. The quantitative estimate of drug-likeness (QED) is 0.251. The second kappa shape index (κ2) is 10.3. The summed E-state index contributed by atoms with van der Waals surface area (Å²) >= 11 is 19.1. The molecular weight excluding hydrogens is 611 g/mol. The van der Waals surface area contributed by atoms with Crippen LogP contribution in [0.4, 0.5) is 10.5 Å². The SMILES string of the molecule is O=C1NC(=O)N(c2ccc(Br)cc2)C(=O)/C1=C/c1cc(Cl)c(OCc2ccc(Cl)cc2)c(Br)c1. The third-order valence-electron chi connectivity index (χ3n) is 4.81. The Bertz CT molecular complexity index is 1300. The Morgan fingerprint density at radius 3 is 2.26 bits per heavy atom. The Morgan fingerprint density at radius 1 is 0.941 bits per heavy atom. The number of ether oxygens (including phenoxy) is 1. The molecule has 34 heavy (non-hydrogen) atoms. The van der Waals surface area contributed by atoms with Crippen LogP contribution in [-0.4, -0.2) is 17.8 Å². The molecule has 4 amide bonds. The number of imide groups is 2. The zero-order chi connectivity index (χ0) is 24.4. The molecule has 1 aliphatic rings. The van der Waals surface area contributed by atoms with Crippen molar-refractivity contribution in [3.63, 3.8) is 0 Å². The van der Waals surface area contributed by atoms with Crippen LogP contribution in [0.2, 0.25) is 10.0 Å². The summed E-state index contributed by atoms with van der Waals surface area (Å²) in [5.41, 5.74) is 1.50. The fourth-order valence-corrected chi connectivity index (χ4v) is 4.56. The highest BCUT2D eigenvalue weighted by atomic mass is 79.9. The number of halogens is 4. The Labute approximate surface area is 221 Å². The Balaban J connectivity index is 1.60. The minimum Gasteiger partial charge on any atom is -0.486 e. The lowest BCUT2D eigenvalue weighted by Crippen LogP contribution is -2.54. The van der Waals surface area contributed by atoms with Crippen molar-refractivity contribution < 1.29 is 19.1 Å². The van der Waals surface area contributed by atoms with E-state index in [1.54, 1.807) is 48.5 Å². The molecule has 0 bridgehead atoms. The van der Waals surface area contributed by atoms with Gasteiger partial charge in [0.25, 0.3) is 11.8 Å². The highest BCUT2D eigenvalue weighted by Crippen LogP contribution is 2.36. The summed E-state index contributed by atoms with van der Waals surface area (Å²) in [7, 11) is 0. The molecule has 1 aliphatic heterocycles. The van der Waals surface area contributed by atoms with E-state index in [1.807, 2.05) is 12.1 Å². The van der Waals surface area contributed by atoms with Crippen LogP contribution in [0.25, 0.3) is 6.08 Å². The van der Waals surface area contributed by atoms with Crippen molar-refractivity contribution in [1.29, 1.82) is 0 Å². The summed E-state index contributed by atoms with van der Waals surface area (Å²) in [5.74, 6) is -1.13. The molecule has 1 heterocycles. The standard InChI is InChI=1S/C24H14Br2Cl2N2O4/c25-15-3-7-17(8-4-15)30-23(32)18(22(31)29-24(30)33)9-14-10-19(26)21(20(28)11-14)34-12-13-1-5-16(27)6-2-13/h1-11H,12H2,(H,29,31,33)/b18-9+. The van der Waals surface area contributed by atoms with Crippen molar-refractivity contribution in [2.75, 3.05) is 4.90 Å². The van der Waals surface area contributed by atoms with Crippen molar-refractivity contribution in [3.05, 3.63) is 96.4 Å². The van der Waals surface area contributed by atoms with Crippen molar-refractivity contribution in [3.8, 4) is 5.75 Å². The van der Waals surface area contributed by atoms with E-state index in [-0.39, 0.29) is 17.2 Å². The highest BCUT2D eigenvalue weighted by Gasteiger charge is 2.36. The van der Waals surface area contributed by atoms with Crippen LogP contribution in [0.15, 0.2) is 75.2 Å². The smallest absolute Gasteiger partial charge is 0.335 e. The Kier molecular flexibility index (Phi) is 7.42. The average Bonchev–Trinajstić information content (AvgIpc) is 2.78. The van der Waals surface area contributed by atoms with Crippen LogP contribution < -0.4 is 15.0 Å². The Morgan fingerprint density at radius 2 is 1.62 bits per heavy atom. The summed E-state index contributed by atoms with van der Waals surface area (Å²) < 4.78 is 7.15. The monoisotopic (exact) mass is 622 g/mol. The maximum absolute atomic E-state index is 13.0. The van der Waals surface area contributed by atoms with Gasteiger partial charge in [-0.15, -0.1) is 0 Å². The van der Waals surface area contributed by atoms with E-state index in [1.165, 1.54) is 6.08 Å². The summed E-state index contributed by atoms with van der Waals surface area (Å²) in [6.45, 7) is 0.265. The number of amides is 4. The molecule has 0 radical (unpaired) electrons. The second-order valence-corrected chi connectivity index (χ2v) is 9.78. The maximum Gasteiger partial charge on any atom is 0.335 e. The zero-order valence-electron chi connectivity index (χ0n) is 17.2. The van der Waals surface area contributed by atoms with E-state index in [9.17, 15) is 14.4 Å². The first kappa shape index (κ1) is 24.5. The van der Waals surface area contributed by atoms with Crippen molar-refractivity contribution in [2.45, 2.75) is 6.61 Å². The second-order valence-electron chi connectivity index (χ2n) is 7.16. The average molecular weight is 625 g/mol. The van der Waals surface area contributed by atoms with E-state index in [0.717, 1.165) is 14.9 Å². The van der Waals surface area contributed by atoms with E-state index in [0.29, 0.717) is 26.5 Å². The molecule has 172 valence electrons. The van der Waals surface area contributed by atoms with Crippen LogP contribution in [-0.2, 0) is 16.2 Å². The van der Waals surface area contributed by atoms with Gasteiger partial charge in [0, 0.05) is 9.50 Å². The lowest BCUT2D eigenvalue weighted by molar-refractivity contribution is -0.122. The van der Waals surface area contributed by atoms with Gasteiger partial charge in [-0.1, -0.05) is 51.3 Å². The molecule has 6 nitrogen and oxygen atoms in total. The van der Waals surface area contributed by atoms with Gasteiger partial charge >= 0.3 is 6.03 Å². The van der Waals surface area contributed by atoms with Crippen LogP contribution in [0.3, 0.4) is 0 Å². The minimum absolute atomic E-state index is 0.208. The molecule has 4 rings (SSSR count). The predicted octanol–water partition coefficient (Wildman–Crippen LogP) is 6.76. The van der Waals surface area contributed by atoms with E-state index in [4.69, 9.17) is 27.9 Å². The summed E-state index contributed by atoms with van der Waals surface area (Å²) in [6.07, 6.45) is 1.37. The molecule has 3 aromatic carbocycles. The van der Waals surface area contributed by atoms with Gasteiger partial charge in [0.1, 0.15) is 12.2 Å². The number of benzene rings is 3. The highest BCUT2D eigenvalue weighted by molar-refractivity contribution is 9.10. The molecule has 0 atom stereocenters. The molecule has 1 fully saturated rings. The van der Waals surface area contributed by atoms with Crippen LogP contribution in [0, 0.1) is 0 Å². The van der Waals surface area contributed by atoms with Crippen LogP contribution >= 0.6 is 55.1 Å². The molecular formula is C24H14Br2Cl2N2O4. The van der Waals surface area contributed by atoms with E-state index < -0.39 is 17.8 Å². The van der Waals surface area contributed by atoms with Crippen molar-refractivity contribution >= 4 is 84.7 Å². The lowest BCUT2D eigenvalue weighted by atomic mass is 10.1. The van der Waals surface area contributed by atoms with Gasteiger partial charge < -0.3 is 4.74 Å². The Hall–Kier alpha value is -2.65. The molecule has 1 N–H and O–H groups in total. The predicted molar refractivity (Wildman–Crippen MR) is 138 cm³/mol. The van der Waals surface area contributed by atoms with Crippen molar-refractivity contribution in [1.82, 2.24) is 5.32 Å². The molecule has 3 aromatic rings.